The molecule has 1 aromatic rings. The summed E-state index contributed by atoms with van der Waals surface area (Å²) in [4.78, 5) is 11.7. The molecule has 0 saturated heterocycles. The van der Waals surface area contributed by atoms with E-state index in [9.17, 15) is 4.79 Å². The molecule has 3 heteroatoms. The van der Waals surface area contributed by atoms with Gasteiger partial charge < -0.3 is 9.47 Å². The zero-order valence-corrected chi connectivity index (χ0v) is 13.7. The molecular formula is C18H26O3. The molecule has 0 bridgehead atoms. The van der Waals surface area contributed by atoms with E-state index in [2.05, 4.69) is 33.8 Å². The Hall–Kier alpha value is -1.35. The van der Waals surface area contributed by atoms with Gasteiger partial charge in [0.2, 0.25) is 0 Å². The summed E-state index contributed by atoms with van der Waals surface area (Å²) in [6, 6.07) is 6.22. The smallest absolute Gasteiger partial charge is 0.169 e. The Balaban J connectivity index is 2.15. The molecular weight excluding hydrogens is 264 g/mol. The van der Waals surface area contributed by atoms with Crippen molar-refractivity contribution in [2.24, 2.45) is 0 Å². The third-order valence-corrected chi connectivity index (χ3v) is 3.78. The first-order valence-corrected chi connectivity index (χ1v) is 7.75. The van der Waals surface area contributed by atoms with Gasteiger partial charge in [-0.1, -0.05) is 45.4 Å². The summed E-state index contributed by atoms with van der Waals surface area (Å²) in [5, 5.41) is 0. The van der Waals surface area contributed by atoms with Crippen molar-refractivity contribution in [1.82, 2.24) is 0 Å². The van der Waals surface area contributed by atoms with Gasteiger partial charge in [0.05, 0.1) is 0 Å². The quantitative estimate of drug-likeness (QED) is 0.827. The lowest BCUT2D eigenvalue weighted by molar-refractivity contribution is -0.154. The van der Waals surface area contributed by atoms with Crippen molar-refractivity contribution in [2.75, 3.05) is 6.61 Å². The molecule has 2 unspecified atom stereocenters. The third kappa shape index (κ3) is 3.65. The lowest BCUT2D eigenvalue weighted by Crippen LogP contribution is -2.52. The van der Waals surface area contributed by atoms with E-state index >= 15 is 0 Å². The molecule has 2 atom stereocenters. The van der Waals surface area contributed by atoms with Crippen molar-refractivity contribution >= 4 is 5.78 Å². The molecule has 1 saturated carbocycles. The number of aryl methyl sites for hydroxylation is 1. The first kappa shape index (κ1) is 16.0. The van der Waals surface area contributed by atoms with Crippen molar-refractivity contribution < 1.29 is 14.3 Å². The molecule has 1 aromatic carbocycles. The number of rotatable bonds is 5. The van der Waals surface area contributed by atoms with Gasteiger partial charge in [-0.2, -0.15) is 0 Å². The minimum absolute atomic E-state index is 0.00881. The number of ketones is 1. The van der Waals surface area contributed by atoms with Crippen LogP contribution in [-0.2, 0) is 14.9 Å². The number of hydrogen-bond acceptors (Lipinski definition) is 3. The predicted octanol–water partition coefficient (Wildman–Crippen LogP) is 3.81. The number of Topliss-reactive ketones (excluding diaryl/α,β-unsaturated/α-hetero) is 1. The summed E-state index contributed by atoms with van der Waals surface area (Å²) in [5.41, 5.74) is 2.40. The summed E-state index contributed by atoms with van der Waals surface area (Å²) in [6.07, 6.45) is 0.826. The van der Waals surface area contributed by atoms with Gasteiger partial charge in [0.15, 0.2) is 11.9 Å². The van der Waals surface area contributed by atoms with Gasteiger partial charge in [-0.3, -0.25) is 4.79 Å². The van der Waals surface area contributed by atoms with E-state index in [-0.39, 0.29) is 23.4 Å². The van der Waals surface area contributed by atoms with Crippen LogP contribution in [-0.4, -0.2) is 24.6 Å². The molecule has 0 aromatic heterocycles. The number of hydrogen-bond donors (Lipinski definition) is 0. The maximum absolute atomic E-state index is 11.7. The highest BCUT2D eigenvalue weighted by molar-refractivity contribution is 5.90. The Morgan fingerprint density at radius 1 is 1.29 bits per heavy atom. The largest absolute Gasteiger partial charge is 0.486 e. The van der Waals surface area contributed by atoms with Crippen LogP contribution in [0.3, 0.4) is 0 Å². The Morgan fingerprint density at radius 3 is 2.57 bits per heavy atom. The van der Waals surface area contributed by atoms with Crippen LogP contribution in [0.1, 0.15) is 51.7 Å². The molecule has 0 spiro atoms. The average Bonchev–Trinajstić information content (AvgIpc) is 2.39. The maximum Gasteiger partial charge on any atom is 0.169 e. The summed E-state index contributed by atoms with van der Waals surface area (Å²) < 4.78 is 11.7. The average molecular weight is 290 g/mol. The summed E-state index contributed by atoms with van der Waals surface area (Å²) in [5.74, 6) is 1.02. The topological polar surface area (TPSA) is 35.5 Å². The predicted molar refractivity (Wildman–Crippen MR) is 84.0 cm³/mol. The lowest BCUT2D eigenvalue weighted by Gasteiger charge is -2.36. The summed E-state index contributed by atoms with van der Waals surface area (Å²) in [7, 11) is 0. The van der Waals surface area contributed by atoms with Gasteiger partial charge in [-0.25, -0.2) is 0 Å². The second-order valence-corrected chi connectivity index (χ2v) is 6.87. The Bertz CT molecular complexity index is 514. The summed E-state index contributed by atoms with van der Waals surface area (Å²) >= 11 is 0. The normalized spacial score (nSPS) is 22.0. The molecule has 0 N–H and O–H groups in total. The molecule has 0 amide bonds. The Morgan fingerprint density at radius 2 is 2.00 bits per heavy atom. The minimum atomic E-state index is -0.390. The van der Waals surface area contributed by atoms with Gasteiger partial charge in [-0.05, 0) is 30.4 Å². The highest BCUT2D eigenvalue weighted by atomic mass is 16.5. The van der Waals surface area contributed by atoms with Crippen molar-refractivity contribution in [2.45, 2.75) is 65.1 Å². The van der Waals surface area contributed by atoms with Crippen molar-refractivity contribution in [1.29, 1.82) is 0 Å². The van der Waals surface area contributed by atoms with Gasteiger partial charge in [0.1, 0.15) is 11.9 Å². The van der Waals surface area contributed by atoms with E-state index in [1.54, 1.807) is 0 Å². The van der Waals surface area contributed by atoms with Gasteiger partial charge in [-0.15, -0.1) is 0 Å². The fourth-order valence-corrected chi connectivity index (χ4v) is 2.51. The van der Waals surface area contributed by atoms with Gasteiger partial charge in [0.25, 0.3) is 0 Å². The molecule has 0 heterocycles. The van der Waals surface area contributed by atoms with Crippen LogP contribution in [0.2, 0.25) is 0 Å². The van der Waals surface area contributed by atoms with E-state index in [4.69, 9.17) is 9.47 Å². The van der Waals surface area contributed by atoms with E-state index in [1.807, 2.05) is 19.1 Å². The fourth-order valence-electron chi connectivity index (χ4n) is 2.51. The van der Waals surface area contributed by atoms with E-state index in [0.29, 0.717) is 13.0 Å². The SMILES string of the molecule is CCCOC1C(=O)CC1Oc1ccc(C)cc1C(C)(C)C. The molecule has 1 aliphatic rings. The fraction of sp³-hybridized carbons (Fsp3) is 0.611. The molecule has 116 valence electrons. The molecule has 3 nitrogen and oxygen atoms in total. The second-order valence-electron chi connectivity index (χ2n) is 6.87. The molecule has 0 aliphatic heterocycles. The zero-order chi connectivity index (χ0) is 15.6. The van der Waals surface area contributed by atoms with E-state index in [0.717, 1.165) is 12.2 Å². The molecule has 0 radical (unpaired) electrons. The number of carbonyl (C=O) groups excluding carboxylic acids is 1. The molecule has 21 heavy (non-hydrogen) atoms. The van der Waals surface area contributed by atoms with E-state index in [1.165, 1.54) is 11.1 Å². The highest BCUT2D eigenvalue weighted by Gasteiger charge is 2.43. The van der Waals surface area contributed by atoms with Crippen LogP contribution >= 0.6 is 0 Å². The van der Waals surface area contributed by atoms with Crippen LogP contribution in [0, 0.1) is 6.92 Å². The lowest BCUT2D eigenvalue weighted by atomic mass is 9.85. The number of ether oxygens (including phenoxy) is 2. The van der Waals surface area contributed by atoms with Crippen LogP contribution in [0.4, 0.5) is 0 Å². The maximum atomic E-state index is 11.7. The second kappa shape index (κ2) is 6.18. The third-order valence-electron chi connectivity index (χ3n) is 3.78. The number of benzene rings is 1. The first-order chi connectivity index (χ1) is 9.82. The van der Waals surface area contributed by atoms with Gasteiger partial charge >= 0.3 is 0 Å². The van der Waals surface area contributed by atoms with E-state index < -0.39 is 0 Å². The molecule has 1 aliphatic carbocycles. The van der Waals surface area contributed by atoms with Crippen LogP contribution < -0.4 is 4.74 Å². The monoisotopic (exact) mass is 290 g/mol. The Labute approximate surface area is 127 Å². The standard InChI is InChI=1S/C18H26O3/c1-6-9-20-17-14(19)11-16(17)21-15-8-7-12(2)10-13(15)18(3,4)5/h7-8,10,16-17H,6,9,11H2,1-5H3. The van der Waals surface area contributed by atoms with Gasteiger partial charge in [0, 0.05) is 13.0 Å². The molecule has 1 fully saturated rings. The molecule has 2 rings (SSSR count). The van der Waals surface area contributed by atoms with Crippen molar-refractivity contribution in [3.8, 4) is 5.75 Å². The van der Waals surface area contributed by atoms with Crippen LogP contribution in [0.15, 0.2) is 18.2 Å². The Kier molecular flexibility index (Phi) is 4.72. The minimum Gasteiger partial charge on any atom is -0.486 e. The number of carbonyl (C=O) groups is 1. The van der Waals surface area contributed by atoms with Crippen LogP contribution in [0.5, 0.6) is 5.75 Å². The first-order valence-electron chi connectivity index (χ1n) is 7.75. The van der Waals surface area contributed by atoms with Crippen LogP contribution in [0.25, 0.3) is 0 Å². The summed E-state index contributed by atoms with van der Waals surface area (Å²) in [6.45, 7) is 11.2. The zero-order valence-electron chi connectivity index (χ0n) is 13.7. The highest BCUT2D eigenvalue weighted by Crippen LogP contribution is 2.35. The van der Waals surface area contributed by atoms with Crippen molar-refractivity contribution in [3.63, 3.8) is 0 Å². The van der Waals surface area contributed by atoms with Crippen molar-refractivity contribution in [3.05, 3.63) is 29.3 Å².